The zero-order chi connectivity index (χ0) is 18.9. The van der Waals surface area contributed by atoms with Gasteiger partial charge < -0.3 is 9.64 Å². The molecule has 0 aliphatic heterocycles. The summed E-state index contributed by atoms with van der Waals surface area (Å²) in [4.78, 5) is 14.6. The topological polar surface area (TPSA) is 75.7 Å². The van der Waals surface area contributed by atoms with Gasteiger partial charge >= 0.3 is 0 Å². The minimum absolute atomic E-state index is 0.0326. The summed E-state index contributed by atoms with van der Waals surface area (Å²) in [5.41, 5.74) is 0.368. The molecular weight excluding hydrogens is 352 g/mol. The highest BCUT2D eigenvalue weighted by molar-refractivity contribution is 7.89. The number of amides is 1. The number of benzene rings is 1. The molecule has 0 saturated heterocycles. The summed E-state index contributed by atoms with van der Waals surface area (Å²) >= 11 is 0. The second kappa shape index (κ2) is 7.56. The van der Waals surface area contributed by atoms with Crippen molar-refractivity contribution in [3.05, 3.63) is 23.8 Å². The maximum atomic E-state index is 12.8. The summed E-state index contributed by atoms with van der Waals surface area (Å²) < 4.78 is 33.7. The van der Waals surface area contributed by atoms with Crippen LogP contribution in [0.3, 0.4) is 0 Å². The van der Waals surface area contributed by atoms with Crippen molar-refractivity contribution >= 4 is 15.9 Å². The van der Waals surface area contributed by atoms with E-state index in [1.807, 2.05) is 6.92 Å². The fourth-order valence-corrected chi connectivity index (χ4v) is 5.13. The van der Waals surface area contributed by atoms with Gasteiger partial charge in [-0.1, -0.05) is 12.8 Å². The molecule has 1 aromatic carbocycles. The number of carbonyl (C=O) groups excluding carboxylic acids is 1. The van der Waals surface area contributed by atoms with Gasteiger partial charge in [0.1, 0.15) is 10.6 Å². The Morgan fingerprint density at radius 1 is 1.23 bits per heavy atom. The number of rotatable bonds is 7. The lowest BCUT2D eigenvalue weighted by Gasteiger charge is -2.25. The van der Waals surface area contributed by atoms with E-state index < -0.39 is 10.0 Å². The molecule has 2 aliphatic carbocycles. The van der Waals surface area contributed by atoms with Gasteiger partial charge in [-0.3, -0.25) is 4.79 Å². The first-order chi connectivity index (χ1) is 12.3. The molecule has 1 amide bonds. The van der Waals surface area contributed by atoms with Crippen LogP contribution < -0.4 is 9.46 Å². The first-order valence-electron chi connectivity index (χ1n) is 9.31. The molecule has 2 fully saturated rings. The van der Waals surface area contributed by atoms with E-state index in [0.717, 1.165) is 38.5 Å². The van der Waals surface area contributed by atoms with Crippen molar-refractivity contribution in [2.24, 2.45) is 5.92 Å². The van der Waals surface area contributed by atoms with Crippen LogP contribution in [0.5, 0.6) is 5.75 Å². The van der Waals surface area contributed by atoms with Crippen LogP contribution in [0.15, 0.2) is 23.1 Å². The van der Waals surface area contributed by atoms with E-state index in [2.05, 4.69) is 4.72 Å². The second-order valence-electron chi connectivity index (χ2n) is 7.46. The fraction of sp³-hybridized carbons (Fsp3) is 0.632. The standard InChI is InChI=1S/C19H28N2O4S/c1-13(14-8-9-14)21(2)19(22)15-10-11-17(25-3)18(12-15)26(23,24)20-16-6-4-5-7-16/h10-14,16,20H,4-9H2,1-3H3. The molecule has 1 aromatic rings. The van der Waals surface area contributed by atoms with Crippen LogP contribution in [0.25, 0.3) is 0 Å². The highest BCUT2D eigenvalue weighted by Crippen LogP contribution is 2.35. The van der Waals surface area contributed by atoms with Crippen LogP contribution in [-0.4, -0.2) is 45.5 Å². The number of carbonyl (C=O) groups is 1. The Morgan fingerprint density at radius 2 is 1.88 bits per heavy atom. The van der Waals surface area contributed by atoms with Crippen LogP contribution in [0.1, 0.15) is 55.8 Å². The molecule has 26 heavy (non-hydrogen) atoms. The molecule has 1 atom stereocenters. The van der Waals surface area contributed by atoms with Gasteiger partial charge in [0.2, 0.25) is 10.0 Å². The Hall–Kier alpha value is -1.60. The lowest BCUT2D eigenvalue weighted by Crippen LogP contribution is -2.37. The van der Waals surface area contributed by atoms with Gasteiger partial charge in [0.05, 0.1) is 7.11 Å². The Labute approximate surface area is 156 Å². The van der Waals surface area contributed by atoms with Gasteiger partial charge in [-0.25, -0.2) is 13.1 Å². The molecule has 0 heterocycles. The van der Waals surface area contributed by atoms with Crippen LogP contribution in [-0.2, 0) is 10.0 Å². The number of methoxy groups -OCH3 is 1. The Morgan fingerprint density at radius 3 is 2.46 bits per heavy atom. The summed E-state index contributed by atoms with van der Waals surface area (Å²) in [5, 5.41) is 0. The number of hydrogen-bond donors (Lipinski definition) is 1. The predicted octanol–water partition coefficient (Wildman–Crippen LogP) is 2.79. The van der Waals surface area contributed by atoms with E-state index in [0.29, 0.717) is 11.5 Å². The average molecular weight is 381 g/mol. The summed E-state index contributed by atoms with van der Waals surface area (Å²) in [5.74, 6) is 0.642. The first kappa shape index (κ1) is 19.2. The lowest BCUT2D eigenvalue weighted by molar-refractivity contribution is 0.0727. The molecule has 0 bridgehead atoms. The van der Waals surface area contributed by atoms with Gasteiger partial charge in [-0.2, -0.15) is 0 Å². The van der Waals surface area contributed by atoms with Crippen molar-refractivity contribution in [3.63, 3.8) is 0 Å². The molecule has 0 spiro atoms. The first-order valence-corrected chi connectivity index (χ1v) is 10.8. The Kier molecular flexibility index (Phi) is 5.58. The fourth-order valence-electron chi connectivity index (χ4n) is 3.63. The predicted molar refractivity (Wildman–Crippen MR) is 99.9 cm³/mol. The molecule has 1 N–H and O–H groups in total. The third-order valence-corrected chi connectivity index (χ3v) is 7.15. The van der Waals surface area contributed by atoms with Gasteiger partial charge in [0.15, 0.2) is 0 Å². The maximum Gasteiger partial charge on any atom is 0.253 e. The maximum absolute atomic E-state index is 12.8. The van der Waals surface area contributed by atoms with Crippen molar-refractivity contribution in [2.45, 2.75) is 62.4 Å². The van der Waals surface area contributed by atoms with Crippen molar-refractivity contribution in [1.29, 1.82) is 0 Å². The molecule has 2 saturated carbocycles. The largest absolute Gasteiger partial charge is 0.495 e. The van der Waals surface area contributed by atoms with Crippen LogP contribution in [0.2, 0.25) is 0 Å². The van der Waals surface area contributed by atoms with Crippen molar-refractivity contribution < 1.29 is 17.9 Å². The van der Waals surface area contributed by atoms with E-state index in [4.69, 9.17) is 4.74 Å². The van der Waals surface area contributed by atoms with E-state index >= 15 is 0 Å². The smallest absolute Gasteiger partial charge is 0.253 e. The van der Waals surface area contributed by atoms with Crippen LogP contribution in [0, 0.1) is 5.92 Å². The molecule has 1 unspecified atom stereocenters. The third kappa shape index (κ3) is 4.04. The highest BCUT2D eigenvalue weighted by Gasteiger charge is 2.33. The van der Waals surface area contributed by atoms with Crippen LogP contribution in [0.4, 0.5) is 0 Å². The second-order valence-corrected chi connectivity index (χ2v) is 9.14. The molecule has 144 valence electrons. The zero-order valence-corrected chi connectivity index (χ0v) is 16.5. The lowest BCUT2D eigenvalue weighted by atomic mass is 10.1. The number of sulfonamides is 1. The van der Waals surface area contributed by atoms with Gasteiger partial charge in [0, 0.05) is 24.7 Å². The van der Waals surface area contributed by atoms with E-state index in [1.54, 1.807) is 24.1 Å². The normalized spacial score (nSPS) is 19.3. The number of nitrogens with zero attached hydrogens (tertiary/aromatic N) is 1. The van der Waals surface area contributed by atoms with Gasteiger partial charge in [-0.05, 0) is 56.7 Å². The minimum Gasteiger partial charge on any atom is -0.495 e. The number of nitrogens with one attached hydrogen (secondary N) is 1. The van der Waals surface area contributed by atoms with E-state index in [-0.39, 0.29) is 28.6 Å². The quantitative estimate of drug-likeness (QED) is 0.789. The minimum atomic E-state index is -3.74. The SMILES string of the molecule is COc1ccc(C(=O)N(C)C(C)C2CC2)cc1S(=O)(=O)NC1CCCC1. The number of hydrogen-bond acceptors (Lipinski definition) is 4. The molecule has 0 radical (unpaired) electrons. The summed E-state index contributed by atoms with van der Waals surface area (Å²) in [6.07, 6.45) is 6.06. The van der Waals surface area contributed by atoms with Gasteiger partial charge in [0.25, 0.3) is 5.91 Å². The summed E-state index contributed by atoms with van der Waals surface area (Å²) in [6, 6.07) is 4.75. The molecule has 2 aliphatic rings. The summed E-state index contributed by atoms with van der Waals surface area (Å²) in [6.45, 7) is 2.04. The monoisotopic (exact) mass is 380 g/mol. The van der Waals surface area contributed by atoms with Crippen molar-refractivity contribution in [1.82, 2.24) is 9.62 Å². The summed E-state index contributed by atoms with van der Waals surface area (Å²) in [7, 11) is -0.523. The molecule has 7 heteroatoms. The van der Waals surface area contributed by atoms with Crippen molar-refractivity contribution in [2.75, 3.05) is 14.2 Å². The van der Waals surface area contributed by atoms with Gasteiger partial charge in [-0.15, -0.1) is 0 Å². The Balaban J connectivity index is 1.86. The van der Waals surface area contributed by atoms with E-state index in [1.165, 1.54) is 13.2 Å². The molecule has 6 nitrogen and oxygen atoms in total. The third-order valence-electron chi connectivity index (χ3n) is 5.61. The highest BCUT2D eigenvalue weighted by atomic mass is 32.2. The molecule has 0 aromatic heterocycles. The molecule has 3 rings (SSSR count). The molecular formula is C19H28N2O4S. The van der Waals surface area contributed by atoms with E-state index in [9.17, 15) is 13.2 Å². The zero-order valence-electron chi connectivity index (χ0n) is 15.7. The van der Waals surface area contributed by atoms with Crippen molar-refractivity contribution in [3.8, 4) is 5.75 Å². The number of ether oxygens (including phenoxy) is 1. The average Bonchev–Trinajstić information content (AvgIpc) is 3.37. The van der Waals surface area contributed by atoms with Crippen LogP contribution >= 0.6 is 0 Å². The Bertz CT molecular complexity index is 768.